The molecule has 0 saturated carbocycles. The van der Waals surface area contributed by atoms with E-state index in [1.54, 1.807) is 0 Å². The zero-order valence-corrected chi connectivity index (χ0v) is 4.99. The minimum atomic E-state index is -1.73. The zero-order valence-electron chi connectivity index (χ0n) is 4.99. The summed E-state index contributed by atoms with van der Waals surface area (Å²) in [4.78, 5) is 0. The molecule has 9 heavy (non-hydrogen) atoms. The minimum absolute atomic E-state index is 0.382. The fourth-order valence-corrected chi connectivity index (χ4v) is 0.411. The Bertz CT molecular complexity index is 82.4. The van der Waals surface area contributed by atoms with Crippen molar-refractivity contribution in [2.75, 3.05) is 6.67 Å². The maximum Gasteiger partial charge on any atom is 0.149 e. The molecule has 0 bridgehead atoms. The molecule has 0 aliphatic heterocycles. The Labute approximate surface area is 52.4 Å². The molecule has 0 aromatic heterocycles. The van der Waals surface area contributed by atoms with Gasteiger partial charge in [-0.25, -0.2) is 8.78 Å². The Hall–Kier alpha value is -0.470. The van der Waals surface area contributed by atoms with Gasteiger partial charge in [-0.3, -0.25) is 4.39 Å². The Balaban J connectivity index is 3.44. The average molecular weight is 138 g/mol. The van der Waals surface area contributed by atoms with E-state index >= 15 is 0 Å². The molecule has 0 spiro atoms. The highest BCUT2D eigenvalue weighted by atomic mass is 19.2. The van der Waals surface area contributed by atoms with Crippen LogP contribution in [0.2, 0.25) is 0 Å². The molecule has 0 saturated heterocycles. The summed E-state index contributed by atoms with van der Waals surface area (Å²) in [5, 5.41) is 0. The second-order valence-electron chi connectivity index (χ2n) is 1.67. The summed E-state index contributed by atoms with van der Waals surface area (Å²) in [7, 11) is 0. The molecule has 0 N–H and O–H groups in total. The van der Waals surface area contributed by atoms with Crippen molar-refractivity contribution in [3.05, 3.63) is 12.7 Å². The number of rotatable bonds is 4. The van der Waals surface area contributed by atoms with Gasteiger partial charge < -0.3 is 0 Å². The molecule has 2 atom stereocenters. The molecule has 0 aromatic carbocycles. The van der Waals surface area contributed by atoms with Crippen LogP contribution in [0.3, 0.4) is 0 Å². The summed E-state index contributed by atoms with van der Waals surface area (Å²) in [5.74, 6) is 0. The van der Waals surface area contributed by atoms with Crippen LogP contribution in [0.1, 0.15) is 6.42 Å². The van der Waals surface area contributed by atoms with Gasteiger partial charge in [0, 0.05) is 6.42 Å². The Morgan fingerprint density at radius 3 is 2.33 bits per heavy atom. The van der Waals surface area contributed by atoms with Crippen molar-refractivity contribution >= 4 is 0 Å². The van der Waals surface area contributed by atoms with E-state index in [9.17, 15) is 13.2 Å². The predicted octanol–water partition coefficient (Wildman–Crippen LogP) is 2.21. The highest BCUT2D eigenvalue weighted by molar-refractivity contribution is 4.84. The third kappa shape index (κ3) is 3.16. The van der Waals surface area contributed by atoms with Gasteiger partial charge in [0.1, 0.15) is 12.3 Å². The van der Waals surface area contributed by atoms with Crippen molar-refractivity contribution in [3.8, 4) is 0 Å². The van der Waals surface area contributed by atoms with Gasteiger partial charge in [-0.15, -0.1) is 6.58 Å². The lowest BCUT2D eigenvalue weighted by Crippen LogP contribution is -2.14. The SMILES string of the molecule is C=CC(F)C(F)CCF. The van der Waals surface area contributed by atoms with Crippen molar-refractivity contribution in [2.24, 2.45) is 0 Å². The van der Waals surface area contributed by atoms with E-state index in [1.165, 1.54) is 0 Å². The highest BCUT2D eigenvalue weighted by Gasteiger charge is 2.15. The van der Waals surface area contributed by atoms with Crippen molar-refractivity contribution in [1.82, 2.24) is 0 Å². The first-order valence-corrected chi connectivity index (χ1v) is 2.69. The quantitative estimate of drug-likeness (QED) is 0.522. The molecular weight excluding hydrogens is 129 g/mol. The Kier molecular flexibility index (Phi) is 4.18. The van der Waals surface area contributed by atoms with E-state index in [0.29, 0.717) is 0 Å². The summed E-state index contributed by atoms with van der Waals surface area (Å²) >= 11 is 0. The van der Waals surface area contributed by atoms with Gasteiger partial charge >= 0.3 is 0 Å². The summed E-state index contributed by atoms with van der Waals surface area (Å²) < 4.78 is 35.5. The van der Waals surface area contributed by atoms with E-state index < -0.39 is 19.0 Å². The number of halogens is 3. The van der Waals surface area contributed by atoms with E-state index in [2.05, 4.69) is 6.58 Å². The van der Waals surface area contributed by atoms with E-state index in [4.69, 9.17) is 0 Å². The van der Waals surface area contributed by atoms with E-state index in [-0.39, 0.29) is 6.42 Å². The van der Waals surface area contributed by atoms with Crippen molar-refractivity contribution in [3.63, 3.8) is 0 Å². The lowest BCUT2D eigenvalue weighted by atomic mass is 10.2. The van der Waals surface area contributed by atoms with Crippen molar-refractivity contribution in [1.29, 1.82) is 0 Å². The normalized spacial score (nSPS) is 16.8. The molecule has 2 unspecified atom stereocenters. The fourth-order valence-electron chi connectivity index (χ4n) is 0.411. The maximum atomic E-state index is 12.1. The van der Waals surface area contributed by atoms with Crippen LogP contribution in [0.4, 0.5) is 13.2 Å². The standard InChI is InChI=1S/C6H9F3/c1-2-5(8)6(9)3-4-7/h2,5-6H,1,3-4H2. The summed E-state index contributed by atoms with van der Waals surface area (Å²) in [5.41, 5.74) is 0. The first-order valence-electron chi connectivity index (χ1n) is 2.69. The van der Waals surface area contributed by atoms with Gasteiger partial charge in [0.2, 0.25) is 0 Å². The Morgan fingerprint density at radius 1 is 1.44 bits per heavy atom. The van der Waals surface area contributed by atoms with Gasteiger partial charge in [-0.2, -0.15) is 0 Å². The number of allylic oxidation sites excluding steroid dienone is 1. The molecule has 0 rings (SSSR count). The monoisotopic (exact) mass is 138 g/mol. The largest absolute Gasteiger partial charge is 0.251 e. The lowest BCUT2D eigenvalue weighted by Gasteiger charge is -2.05. The van der Waals surface area contributed by atoms with Crippen LogP contribution < -0.4 is 0 Å². The molecular formula is C6H9F3. The van der Waals surface area contributed by atoms with Gasteiger partial charge in [-0.05, 0) is 0 Å². The topological polar surface area (TPSA) is 0 Å². The molecule has 3 heteroatoms. The van der Waals surface area contributed by atoms with Crippen LogP contribution in [0.25, 0.3) is 0 Å². The highest BCUT2D eigenvalue weighted by Crippen LogP contribution is 2.08. The van der Waals surface area contributed by atoms with Gasteiger partial charge in [-0.1, -0.05) is 6.08 Å². The molecule has 0 aliphatic rings. The fraction of sp³-hybridized carbons (Fsp3) is 0.667. The molecule has 0 amide bonds. The van der Waals surface area contributed by atoms with Gasteiger partial charge in [0.25, 0.3) is 0 Å². The van der Waals surface area contributed by atoms with Crippen LogP contribution in [0.15, 0.2) is 12.7 Å². The van der Waals surface area contributed by atoms with Gasteiger partial charge in [0.05, 0.1) is 6.67 Å². The second-order valence-corrected chi connectivity index (χ2v) is 1.67. The summed E-state index contributed by atoms with van der Waals surface area (Å²) in [6.07, 6.45) is -3.00. The first-order chi connectivity index (χ1) is 4.22. The molecule has 0 aromatic rings. The van der Waals surface area contributed by atoms with Crippen LogP contribution in [0.5, 0.6) is 0 Å². The molecule has 0 radical (unpaired) electrons. The maximum absolute atomic E-state index is 12.1. The number of hydrogen-bond acceptors (Lipinski definition) is 0. The molecule has 54 valence electrons. The summed E-state index contributed by atoms with van der Waals surface area (Å²) in [6.45, 7) is 2.20. The number of hydrogen-bond donors (Lipinski definition) is 0. The first kappa shape index (κ1) is 8.53. The average Bonchev–Trinajstić information content (AvgIpc) is 1.87. The van der Waals surface area contributed by atoms with Crippen LogP contribution in [0, 0.1) is 0 Å². The van der Waals surface area contributed by atoms with Gasteiger partial charge in [0.15, 0.2) is 0 Å². The third-order valence-corrected chi connectivity index (χ3v) is 0.956. The minimum Gasteiger partial charge on any atom is -0.251 e. The van der Waals surface area contributed by atoms with Crippen LogP contribution >= 0.6 is 0 Å². The smallest absolute Gasteiger partial charge is 0.149 e. The zero-order chi connectivity index (χ0) is 7.28. The van der Waals surface area contributed by atoms with Crippen molar-refractivity contribution in [2.45, 2.75) is 18.8 Å². The van der Waals surface area contributed by atoms with E-state index in [1.807, 2.05) is 0 Å². The molecule has 0 fully saturated rings. The molecule has 0 aliphatic carbocycles. The predicted molar refractivity (Wildman–Crippen MR) is 30.6 cm³/mol. The Morgan fingerprint density at radius 2 is 2.00 bits per heavy atom. The lowest BCUT2D eigenvalue weighted by molar-refractivity contribution is 0.182. The number of alkyl halides is 3. The van der Waals surface area contributed by atoms with Crippen LogP contribution in [-0.2, 0) is 0 Å². The van der Waals surface area contributed by atoms with E-state index in [0.717, 1.165) is 6.08 Å². The summed E-state index contributed by atoms with van der Waals surface area (Å²) in [6, 6.07) is 0. The second kappa shape index (κ2) is 4.41. The van der Waals surface area contributed by atoms with Crippen LogP contribution in [-0.4, -0.2) is 19.0 Å². The molecule has 0 heterocycles. The molecule has 0 nitrogen and oxygen atoms in total. The third-order valence-electron chi connectivity index (χ3n) is 0.956. The van der Waals surface area contributed by atoms with Crippen molar-refractivity contribution < 1.29 is 13.2 Å².